The van der Waals surface area contributed by atoms with E-state index >= 15 is 0 Å². The van der Waals surface area contributed by atoms with Crippen molar-refractivity contribution in [2.75, 3.05) is 29.6 Å². The second-order valence-corrected chi connectivity index (χ2v) is 5.99. The van der Waals surface area contributed by atoms with Crippen molar-refractivity contribution in [1.29, 1.82) is 0 Å². The smallest absolute Gasteiger partial charge is 0.227 e. The lowest BCUT2D eigenvalue weighted by atomic mass is 10.1. The summed E-state index contributed by atoms with van der Waals surface area (Å²) in [7, 11) is 1.74. The van der Waals surface area contributed by atoms with Gasteiger partial charge in [-0.2, -0.15) is 0 Å². The van der Waals surface area contributed by atoms with E-state index in [9.17, 15) is 14.0 Å². The number of rotatable bonds is 4. The molecule has 1 aromatic rings. The maximum atomic E-state index is 13.4. The van der Waals surface area contributed by atoms with E-state index in [1.165, 1.54) is 30.8 Å². The van der Waals surface area contributed by atoms with Crippen LogP contribution in [0.2, 0.25) is 0 Å². The van der Waals surface area contributed by atoms with Crippen LogP contribution in [0.25, 0.3) is 0 Å². The summed E-state index contributed by atoms with van der Waals surface area (Å²) in [5.41, 5.74) is 1.28. The third-order valence-corrected chi connectivity index (χ3v) is 4.29. The van der Waals surface area contributed by atoms with E-state index in [4.69, 9.17) is 0 Å². The molecule has 0 radical (unpaired) electrons. The molecule has 1 saturated heterocycles. The van der Waals surface area contributed by atoms with Crippen molar-refractivity contribution in [3.05, 3.63) is 24.0 Å². The number of carbonyl (C=O) groups excluding carboxylic acids is 2. The second kappa shape index (κ2) is 6.26. The van der Waals surface area contributed by atoms with Crippen LogP contribution in [0.4, 0.5) is 15.8 Å². The van der Waals surface area contributed by atoms with Crippen LogP contribution in [-0.4, -0.2) is 30.4 Å². The predicted octanol–water partition coefficient (Wildman–Crippen LogP) is 2.50. The molecular weight excluding hydrogens is 279 g/mol. The summed E-state index contributed by atoms with van der Waals surface area (Å²) in [6.45, 7) is 2.04. The van der Waals surface area contributed by atoms with Gasteiger partial charge in [-0.05, 0) is 24.1 Å². The van der Waals surface area contributed by atoms with E-state index in [1.54, 1.807) is 18.0 Å². The molecule has 1 amide bonds. The average molecular weight is 296 g/mol. The molecule has 0 spiro atoms. The van der Waals surface area contributed by atoms with Crippen molar-refractivity contribution in [3.63, 3.8) is 0 Å². The number of carbonyl (C=O) groups is 2. The molecule has 0 aliphatic carbocycles. The Hall–Kier alpha value is -1.56. The van der Waals surface area contributed by atoms with Gasteiger partial charge in [0.25, 0.3) is 0 Å². The molecular formula is C14H17FN2O2S. The van der Waals surface area contributed by atoms with Gasteiger partial charge in [-0.1, -0.05) is 11.8 Å². The van der Waals surface area contributed by atoms with Crippen LogP contribution < -0.4 is 10.2 Å². The summed E-state index contributed by atoms with van der Waals surface area (Å²) in [6.07, 6.45) is 0.403. The number of hydrogen-bond acceptors (Lipinski definition) is 4. The van der Waals surface area contributed by atoms with E-state index in [2.05, 4.69) is 5.32 Å². The Kier molecular flexibility index (Phi) is 4.65. The lowest BCUT2D eigenvalue weighted by Gasteiger charge is -2.20. The zero-order chi connectivity index (χ0) is 14.7. The van der Waals surface area contributed by atoms with Gasteiger partial charge in [0.05, 0.1) is 11.4 Å². The molecule has 6 heteroatoms. The number of anilines is 2. The Balaban J connectivity index is 2.15. The summed E-state index contributed by atoms with van der Waals surface area (Å²) in [4.78, 5) is 24.7. The molecule has 1 N–H and O–H groups in total. The van der Waals surface area contributed by atoms with E-state index in [0.717, 1.165) is 5.69 Å². The van der Waals surface area contributed by atoms with Crippen molar-refractivity contribution in [2.24, 2.45) is 5.92 Å². The Bertz CT molecular complexity index is 536. The normalized spacial score (nSPS) is 18.4. The van der Waals surface area contributed by atoms with Crippen molar-refractivity contribution < 1.29 is 14.0 Å². The molecule has 1 aromatic carbocycles. The molecule has 4 nitrogen and oxygen atoms in total. The van der Waals surface area contributed by atoms with Gasteiger partial charge in [0.2, 0.25) is 5.91 Å². The molecule has 20 heavy (non-hydrogen) atoms. The standard InChI is InChI=1S/C14H17FN2O2S/c1-9(18)20-8-10-5-14(19)17(7-10)13-6-11(15)3-4-12(13)16-2/h3-4,6,10,16H,5,7-8H2,1-2H3. The topological polar surface area (TPSA) is 49.4 Å². The van der Waals surface area contributed by atoms with Gasteiger partial charge in [-0.3, -0.25) is 9.59 Å². The van der Waals surface area contributed by atoms with Crippen LogP contribution in [0.1, 0.15) is 13.3 Å². The van der Waals surface area contributed by atoms with E-state index < -0.39 is 0 Å². The molecule has 2 rings (SSSR count). The maximum Gasteiger partial charge on any atom is 0.227 e. The van der Waals surface area contributed by atoms with Gasteiger partial charge in [-0.25, -0.2) is 4.39 Å². The minimum absolute atomic E-state index is 0.0266. The Morgan fingerprint density at radius 2 is 2.30 bits per heavy atom. The monoisotopic (exact) mass is 296 g/mol. The first-order valence-electron chi connectivity index (χ1n) is 6.42. The molecule has 1 unspecified atom stereocenters. The predicted molar refractivity (Wildman–Crippen MR) is 79.5 cm³/mol. The lowest BCUT2D eigenvalue weighted by molar-refractivity contribution is -0.117. The molecule has 1 aliphatic rings. The van der Waals surface area contributed by atoms with Gasteiger partial charge < -0.3 is 10.2 Å². The molecule has 1 fully saturated rings. The van der Waals surface area contributed by atoms with Crippen molar-refractivity contribution in [2.45, 2.75) is 13.3 Å². The lowest BCUT2D eigenvalue weighted by Crippen LogP contribution is -2.25. The summed E-state index contributed by atoms with van der Waals surface area (Å²) in [5, 5.41) is 3.02. The largest absolute Gasteiger partial charge is 0.386 e. The van der Waals surface area contributed by atoms with Crippen molar-refractivity contribution >= 4 is 34.2 Å². The van der Waals surface area contributed by atoms with E-state index in [1.807, 2.05) is 0 Å². The fourth-order valence-corrected chi connectivity index (χ4v) is 2.99. The van der Waals surface area contributed by atoms with Crippen LogP contribution in [-0.2, 0) is 9.59 Å². The molecule has 0 aromatic heterocycles. The number of halogens is 1. The summed E-state index contributed by atoms with van der Waals surface area (Å²) < 4.78 is 13.4. The van der Waals surface area contributed by atoms with Gasteiger partial charge >= 0.3 is 0 Å². The number of amides is 1. The van der Waals surface area contributed by atoms with Gasteiger partial charge in [0.1, 0.15) is 5.82 Å². The highest BCUT2D eigenvalue weighted by Gasteiger charge is 2.32. The molecule has 1 atom stereocenters. The first-order valence-corrected chi connectivity index (χ1v) is 7.41. The Morgan fingerprint density at radius 3 is 2.95 bits per heavy atom. The fourth-order valence-electron chi connectivity index (χ4n) is 2.30. The number of hydrogen-bond donors (Lipinski definition) is 1. The fraction of sp³-hybridized carbons (Fsp3) is 0.429. The third kappa shape index (κ3) is 3.30. The first kappa shape index (κ1) is 14.8. The highest BCUT2D eigenvalue weighted by atomic mass is 32.2. The Labute approximate surface area is 121 Å². The maximum absolute atomic E-state index is 13.4. The molecule has 1 aliphatic heterocycles. The zero-order valence-electron chi connectivity index (χ0n) is 11.5. The number of nitrogens with one attached hydrogen (secondary N) is 1. The van der Waals surface area contributed by atoms with Gasteiger partial charge in [-0.15, -0.1) is 0 Å². The van der Waals surface area contributed by atoms with Crippen LogP contribution in [0, 0.1) is 11.7 Å². The number of thioether (sulfide) groups is 1. The number of nitrogens with zero attached hydrogens (tertiary/aromatic N) is 1. The summed E-state index contributed by atoms with van der Waals surface area (Å²) in [6, 6.07) is 4.35. The second-order valence-electron chi connectivity index (χ2n) is 4.79. The minimum atomic E-state index is -0.367. The first-order chi connectivity index (χ1) is 9.51. The van der Waals surface area contributed by atoms with Crippen LogP contribution in [0.15, 0.2) is 18.2 Å². The zero-order valence-corrected chi connectivity index (χ0v) is 12.3. The van der Waals surface area contributed by atoms with Crippen molar-refractivity contribution in [1.82, 2.24) is 0 Å². The average Bonchev–Trinajstić information content (AvgIpc) is 2.77. The molecule has 108 valence electrons. The third-order valence-electron chi connectivity index (χ3n) is 3.25. The number of benzene rings is 1. The highest BCUT2D eigenvalue weighted by Crippen LogP contribution is 2.33. The molecule has 0 saturated carbocycles. The summed E-state index contributed by atoms with van der Waals surface area (Å²) in [5.74, 6) is 0.362. The van der Waals surface area contributed by atoms with Crippen LogP contribution >= 0.6 is 11.8 Å². The summed E-state index contributed by atoms with van der Waals surface area (Å²) >= 11 is 1.23. The minimum Gasteiger partial charge on any atom is -0.386 e. The van der Waals surface area contributed by atoms with E-state index in [-0.39, 0.29) is 22.8 Å². The SMILES string of the molecule is CNc1ccc(F)cc1N1CC(CSC(C)=O)CC1=O. The quantitative estimate of drug-likeness (QED) is 0.927. The van der Waals surface area contributed by atoms with Crippen molar-refractivity contribution in [3.8, 4) is 0 Å². The van der Waals surface area contributed by atoms with Crippen LogP contribution in [0.3, 0.4) is 0 Å². The molecule has 1 heterocycles. The highest BCUT2D eigenvalue weighted by molar-refractivity contribution is 8.13. The molecule has 0 bridgehead atoms. The van der Waals surface area contributed by atoms with E-state index in [0.29, 0.717) is 24.4 Å². The van der Waals surface area contributed by atoms with Gasteiger partial charge in [0, 0.05) is 32.7 Å². The van der Waals surface area contributed by atoms with Gasteiger partial charge in [0.15, 0.2) is 5.12 Å². The van der Waals surface area contributed by atoms with Crippen LogP contribution in [0.5, 0.6) is 0 Å². The Morgan fingerprint density at radius 1 is 1.55 bits per heavy atom.